The molecule has 2 aromatic heterocycles. The summed E-state index contributed by atoms with van der Waals surface area (Å²) in [4.78, 5) is 0. The van der Waals surface area contributed by atoms with E-state index in [1.54, 1.807) is 0 Å². The van der Waals surface area contributed by atoms with Crippen molar-refractivity contribution in [2.75, 3.05) is 18.5 Å². The van der Waals surface area contributed by atoms with Crippen molar-refractivity contribution in [1.82, 2.24) is 19.6 Å². The number of benzene rings is 1. The highest BCUT2D eigenvalue weighted by Gasteiger charge is 2.10. The summed E-state index contributed by atoms with van der Waals surface area (Å²) in [7, 11) is 0. The molecule has 1 unspecified atom stereocenters. The Morgan fingerprint density at radius 3 is 2.56 bits per heavy atom. The Balaban J connectivity index is 1.74. The highest BCUT2D eigenvalue weighted by molar-refractivity contribution is 5.61. The Bertz CT molecular complexity index is 822. The number of hydrogen-bond acceptors (Lipinski definition) is 5. The van der Waals surface area contributed by atoms with Crippen molar-refractivity contribution in [2.45, 2.75) is 26.5 Å². The largest absolute Gasteiger partial charge is 0.394 e. The van der Waals surface area contributed by atoms with E-state index in [1.807, 2.05) is 59.0 Å². The molecular weight excluding hydrogens is 318 g/mol. The number of anilines is 1. The lowest BCUT2D eigenvalue weighted by Crippen LogP contribution is -2.22. The lowest BCUT2D eigenvalue weighted by molar-refractivity contribution is 0.105. The molecule has 0 spiro atoms. The zero-order valence-electron chi connectivity index (χ0n) is 14.4. The number of nitrogens with one attached hydrogen (secondary N) is 1. The maximum atomic E-state index is 9.37. The summed E-state index contributed by atoms with van der Waals surface area (Å²) in [6, 6.07) is 9.72. The van der Waals surface area contributed by atoms with E-state index in [0.29, 0.717) is 6.54 Å². The standard InChI is InChI=1S/C18H23N5O2/c1-3-22-11-17(13(2)20-22)18-8-9-23(21-18)15-6-4-14(5-7-15)19-10-16(25)12-24/h4-9,11,16,19,24-25H,3,10,12H2,1-2H3. The maximum Gasteiger partial charge on any atom is 0.0961 e. The zero-order valence-corrected chi connectivity index (χ0v) is 14.4. The van der Waals surface area contributed by atoms with Crippen LogP contribution in [0.1, 0.15) is 12.6 Å². The van der Waals surface area contributed by atoms with Crippen LogP contribution in [0, 0.1) is 6.92 Å². The van der Waals surface area contributed by atoms with Gasteiger partial charge in [0.1, 0.15) is 0 Å². The van der Waals surface area contributed by atoms with Crippen molar-refractivity contribution in [3.8, 4) is 16.9 Å². The molecule has 0 aliphatic heterocycles. The molecule has 0 radical (unpaired) electrons. The van der Waals surface area contributed by atoms with Gasteiger partial charge in [-0.2, -0.15) is 10.2 Å². The first-order valence-electron chi connectivity index (χ1n) is 8.34. The Kier molecular flexibility index (Phi) is 5.16. The van der Waals surface area contributed by atoms with Crippen LogP contribution in [0.3, 0.4) is 0 Å². The van der Waals surface area contributed by atoms with Gasteiger partial charge in [-0.15, -0.1) is 0 Å². The number of aliphatic hydroxyl groups is 2. The molecule has 132 valence electrons. The summed E-state index contributed by atoms with van der Waals surface area (Å²) in [5.41, 5.74) is 4.72. The quantitative estimate of drug-likeness (QED) is 0.610. The Morgan fingerprint density at radius 2 is 1.92 bits per heavy atom. The highest BCUT2D eigenvalue weighted by atomic mass is 16.3. The summed E-state index contributed by atoms with van der Waals surface area (Å²) >= 11 is 0. The highest BCUT2D eigenvalue weighted by Crippen LogP contribution is 2.22. The average Bonchev–Trinajstić information content (AvgIpc) is 3.26. The van der Waals surface area contributed by atoms with Gasteiger partial charge in [-0.3, -0.25) is 4.68 Å². The van der Waals surface area contributed by atoms with Crippen LogP contribution in [-0.2, 0) is 6.54 Å². The first-order valence-corrected chi connectivity index (χ1v) is 8.34. The summed E-state index contributed by atoms with van der Waals surface area (Å²) in [5.74, 6) is 0. The second-order valence-electron chi connectivity index (χ2n) is 5.89. The van der Waals surface area contributed by atoms with Crippen molar-refractivity contribution in [3.05, 3.63) is 48.4 Å². The van der Waals surface area contributed by atoms with Crippen LogP contribution in [0.25, 0.3) is 16.9 Å². The van der Waals surface area contributed by atoms with Gasteiger partial charge in [0.15, 0.2) is 0 Å². The fraction of sp³-hybridized carbons (Fsp3) is 0.333. The van der Waals surface area contributed by atoms with Crippen molar-refractivity contribution >= 4 is 5.69 Å². The van der Waals surface area contributed by atoms with Gasteiger partial charge in [-0.1, -0.05) is 0 Å². The predicted octanol–water partition coefficient (Wildman–Crippen LogP) is 1.83. The minimum Gasteiger partial charge on any atom is -0.394 e. The van der Waals surface area contributed by atoms with Gasteiger partial charge in [0.25, 0.3) is 0 Å². The van der Waals surface area contributed by atoms with E-state index in [1.165, 1.54) is 0 Å². The number of nitrogens with zero attached hydrogens (tertiary/aromatic N) is 4. The number of aliphatic hydroxyl groups excluding tert-OH is 2. The van der Waals surface area contributed by atoms with E-state index < -0.39 is 6.10 Å². The lowest BCUT2D eigenvalue weighted by Gasteiger charge is -2.10. The minimum atomic E-state index is -0.763. The van der Waals surface area contributed by atoms with Crippen LogP contribution in [0.15, 0.2) is 42.7 Å². The van der Waals surface area contributed by atoms with Gasteiger partial charge in [-0.05, 0) is 44.2 Å². The Hall–Kier alpha value is -2.64. The van der Waals surface area contributed by atoms with Gasteiger partial charge in [0.2, 0.25) is 0 Å². The SMILES string of the molecule is CCn1cc(-c2ccn(-c3ccc(NCC(O)CO)cc3)n2)c(C)n1. The number of hydrogen-bond donors (Lipinski definition) is 3. The molecule has 1 aromatic carbocycles. The fourth-order valence-electron chi connectivity index (χ4n) is 2.57. The van der Waals surface area contributed by atoms with Crippen LogP contribution in [-0.4, -0.2) is 49.0 Å². The van der Waals surface area contributed by atoms with Crippen LogP contribution >= 0.6 is 0 Å². The van der Waals surface area contributed by atoms with E-state index in [4.69, 9.17) is 5.11 Å². The van der Waals surface area contributed by atoms with E-state index in [-0.39, 0.29) is 6.61 Å². The van der Waals surface area contributed by atoms with Crippen molar-refractivity contribution in [2.24, 2.45) is 0 Å². The molecule has 3 N–H and O–H groups in total. The smallest absolute Gasteiger partial charge is 0.0961 e. The van der Waals surface area contributed by atoms with Gasteiger partial charge in [0, 0.05) is 36.7 Å². The topological polar surface area (TPSA) is 88.1 Å². The molecule has 7 heteroatoms. The number of aryl methyl sites for hydroxylation is 2. The molecule has 0 amide bonds. The number of rotatable bonds is 7. The van der Waals surface area contributed by atoms with Gasteiger partial charge >= 0.3 is 0 Å². The average molecular weight is 341 g/mol. The molecular formula is C18H23N5O2. The predicted molar refractivity (Wildman–Crippen MR) is 96.8 cm³/mol. The second-order valence-corrected chi connectivity index (χ2v) is 5.89. The Morgan fingerprint density at radius 1 is 1.16 bits per heavy atom. The molecule has 3 rings (SSSR count). The van der Waals surface area contributed by atoms with Crippen molar-refractivity contribution < 1.29 is 10.2 Å². The molecule has 7 nitrogen and oxygen atoms in total. The summed E-state index contributed by atoms with van der Waals surface area (Å²) < 4.78 is 3.73. The molecule has 0 fully saturated rings. The van der Waals surface area contributed by atoms with Crippen molar-refractivity contribution in [3.63, 3.8) is 0 Å². The van der Waals surface area contributed by atoms with Crippen LogP contribution in [0.4, 0.5) is 5.69 Å². The third-order valence-corrected chi connectivity index (χ3v) is 4.02. The third-order valence-electron chi connectivity index (χ3n) is 4.02. The van der Waals surface area contributed by atoms with E-state index in [9.17, 15) is 5.11 Å². The van der Waals surface area contributed by atoms with Crippen LogP contribution in [0.5, 0.6) is 0 Å². The maximum absolute atomic E-state index is 9.37. The monoisotopic (exact) mass is 341 g/mol. The Labute approximate surface area is 146 Å². The molecule has 0 aliphatic rings. The van der Waals surface area contributed by atoms with Crippen molar-refractivity contribution in [1.29, 1.82) is 0 Å². The van der Waals surface area contributed by atoms with Crippen LogP contribution < -0.4 is 5.32 Å². The van der Waals surface area contributed by atoms with Crippen LogP contribution in [0.2, 0.25) is 0 Å². The van der Waals surface area contributed by atoms with Gasteiger partial charge in [-0.25, -0.2) is 4.68 Å². The lowest BCUT2D eigenvalue weighted by atomic mass is 10.2. The molecule has 0 saturated carbocycles. The van der Waals surface area contributed by atoms with E-state index in [2.05, 4.69) is 22.4 Å². The normalized spacial score (nSPS) is 12.3. The second kappa shape index (κ2) is 7.50. The molecule has 1 atom stereocenters. The molecule has 3 aromatic rings. The summed E-state index contributed by atoms with van der Waals surface area (Å²) in [6.45, 7) is 4.93. The first-order chi connectivity index (χ1) is 12.1. The molecule has 2 heterocycles. The molecule has 0 aliphatic carbocycles. The van der Waals surface area contributed by atoms with E-state index >= 15 is 0 Å². The molecule has 0 saturated heterocycles. The third kappa shape index (κ3) is 3.89. The molecule has 25 heavy (non-hydrogen) atoms. The first kappa shape index (κ1) is 17.2. The van der Waals surface area contributed by atoms with E-state index in [0.717, 1.165) is 34.9 Å². The van der Waals surface area contributed by atoms with Gasteiger partial charge < -0.3 is 15.5 Å². The fourth-order valence-corrected chi connectivity index (χ4v) is 2.57. The zero-order chi connectivity index (χ0) is 17.8. The summed E-state index contributed by atoms with van der Waals surface area (Å²) in [5, 5.41) is 30.4. The van der Waals surface area contributed by atoms with Gasteiger partial charge in [0.05, 0.1) is 29.8 Å². The number of aromatic nitrogens is 4. The summed E-state index contributed by atoms with van der Waals surface area (Å²) in [6.07, 6.45) is 3.18. The molecule has 0 bridgehead atoms. The minimum absolute atomic E-state index is 0.255.